The Labute approximate surface area is 358 Å². The molecule has 0 saturated carbocycles. The fraction of sp³-hybridized carbons (Fsp3) is 0. The minimum absolute atomic E-state index is 0.829. The van der Waals surface area contributed by atoms with Crippen LogP contribution in [0.2, 0.25) is 0 Å². The van der Waals surface area contributed by atoms with Crippen LogP contribution in [0.15, 0.2) is 224 Å². The van der Waals surface area contributed by atoms with Crippen LogP contribution >= 0.6 is 11.3 Å². The molecule has 2 heterocycles. The van der Waals surface area contributed by atoms with E-state index in [-0.39, 0.29) is 0 Å². The van der Waals surface area contributed by atoms with Crippen molar-refractivity contribution in [3.63, 3.8) is 0 Å². The molecule has 10 aromatic carbocycles. The molecule has 0 spiro atoms. The van der Waals surface area contributed by atoms with E-state index in [0.717, 1.165) is 61.8 Å². The van der Waals surface area contributed by atoms with Crippen molar-refractivity contribution in [2.75, 3.05) is 4.90 Å². The van der Waals surface area contributed by atoms with Crippen molar-refractivity contribution in [1.82, 2.24) is 0 Å². The lowest BCUT2D eigenvalue weighted by molar-refractivity contribution is 0.488. The molecular formula is C58H37NOS. The van der Waals surface area contributed by atoms with Gasteiger partial charge >= 0.3 is 0 Å². The fourth-order valence-electron chi connectivity index (χ4n) is 9.05. The lowest BCUT2D eigenvalue weighted by atomic mass is 9.90. The van der Waals surface area contributed by atoms with Crippen molar-refractivity contribution >= 4 is 59.3 Å². The second-order valence-electron chi connectivity index (χ2n) is 15.7. The van der Waals surface area contributed by atoms with E-state index in [1.165, 1.54) is 53.4 Å². The summed E-state index contributed by atoms with van der Waals surface area (Å²) in [7, 11) is 0. The molecule has 1 aliphatic heterocycles. The molecule has 0 amide bonds. The number of hydrogen-bond donors (Lipinski definition) is 0. The molecular weight excluding hydrogens is 759 g/mol. The Bertz CT molecular complexity index is 3420. The van der Waals surface area contributed by atoms with Gasteiger partial charge in [0.25, 0.3) is 0 Å². The van der Waals surface area contributed by atoms with Crippen LogP contribution in [0.1, 0.15) is 0 Å². The number of ether oxygens (including phenoxy) is 1. The van der Waals surface area contributed by atoms with Gasteiger partial charge in [-0.15, -0.1) is 11.3 Å². The standard InChI is InChI=1S/C58H37NOS/c1-3-12-38(13-4-1)40-22-27-45(28-23-40)59(46-29-24-41(25-30-46)48-19-11-20-51-50-18-9-10-21-57(50)61-58(48)51)47-31-33-55-54(37-47)52-34-44(39-14-5-2-6-15-39)26-32-49(52)53-35-42-16-7-8-17-43(42)36-56(53)60-55/h1-37H. The molecule has 0 saturated heterocycles. The third-order valence-corrected chi connectivity index (χ3v) is 13.3. The molecule has 0 fully saturated rings. The lowest BCUT2D eigenvalue weighted by Crippen LogP contribution is -2.10. The van der Waals surface area contributed by atoms with Gasteiger partial charge in [-0.05, 0) is 122 Å². The van der Waals surface area contributed by atoms with E-state index >= 15 is 0 Å². The molecule has 0 N–H and O–H groups in total. The van der Waals surface area contributed by atoms with E-state index < -0.39 is 0 Å². The number of benzene rings is 10. The van der Waals surface area contributed by atoms with Gasteiger partial charge in [-0.25, -0.2) is 0 Å². The molecule has 0 radical (unpaired) electrons. The quantitative estimate of drug-likeness (QED) is 0.166. The highest BCUT2D eigenvalue weighted by Crippen LogP contribution is 2.51. The molecule has 0 aliphatic carbocycles. The van der Waals surface area contributed by atoms with Gasteiger partial charge in [0.1, 0.15) is 11.5 Å². The van der Waals surface area contributed by atoms with E-state index in [1.54, 1.807) is 0 Å². The zero-order valence-corrected chi connectivity index (χ0v) is 33.9. The number of thiophene rings is 1. The predicted octanol–water partition coefficient (Wildman–Crippen LogP) is 17.1. The summed E-state index contributed by atoms with van der Waals surface area (Å²) in [5, 5.41) is 4.96. The van der Waals surface area contributed by atoms with Crippen LogP contribution in [0.5, 0.6) is 11.5 Å². The van der Waals surface area contributed by atoms with E-state index in [9.17, 15) is 0 Å². The van der Waals surface area contributed by atoms with Crippen LogP contribution in [0.3, 0.4) is 0 Å². The predicted molar refractivity (Wildman–Crippen MR) is 259 cm³/mol. The van der Waals surface area contributed by atoms with Crippen molar-refractivity contribution in [2.45, 2.75) is 0 Å². The Morgan fingerprint density at radius 1 is 0.311 bits per heavy atom. The second-order valence-corrected chi connectivity index (χ2v) is 16.7. The van der Waals surface area contributed by atoms with Gasteiger partial charge in [-0.3, -0.25) is 0 Å². The maximum absolute atomic E-state index is 6.95. The molecule has 61 heavy (non-hydrogen) atoms. The first kappa shape index (κ1) is 35.2. The fourth-order valence-corrected chi connectivity index (χ4v) is 10.3. The third-order valence-electron chi connectivity index (χ3n) is 12.1. The summed E-state index contributed by atoms with van der Waals surface area (Å²) in [5.74, 6) is 1.69. The number of fused-ring (bicyclic) bond motifs is 9. The van der Waals surface area contributed by atoms with Gasteiger partial charge < -0.3 is 9.64 Å². The third kappa shape index (κ3) is 6.18. The van der Waals surface area contributed by atoms with Gasteiger partial charge in [0.15, 0.2) is 0 Å². The maximum atomic E-state index is 6.95. The molecule has 2 nitrogen and oxygen atoms in total. The Morgan fingerprint density at radius 2 is 0.885 bits per heavy atom. The van der Waals surface area contributed by atoms with Gasteiger partial charge in [-0.1, -0.05) is 158 Å². The molecule has 12 rings (SSSR count). The molecule has 3 heteroatoms. The van der Waals surface area contributed by atoms with E-state index in [0.29, 0.717) is 0 Å². The Hall–Kier alpha value is -7.72. The van der Waals surface area contributed by atoms with Crippen molar-refractivity contribution in [2.24, 2.45) is 0 Å². The van der Waals surface area contributed by atoms with Crippen molar-refractivity contribution < 1.29 is 4.74 Å². The first-order valence-electron chi connectivity index (χ1n) is 20.7. The van der Waals surface area contributed by atoms with E-state index in [2.05, 4.69) is 229 Å². The molecule has 11 aromatic rings. The van der Waals surface area contributed by atoms with Crippen LogP contribution < -0.4 is 9.64 Å². The SMILES string of the molecule is c1ccc(-c2ccc(N(c3ccc(-c4cccc5c4sc4ccccc45)cc3)c3ccc4c(c3)-c3cc(-c5ccccc5)ccc3-c3cc5ccccc5cc3O4)cc2)cc1. The second kappa shape index (κ2) is 14.5. The number of anilines is 3. The van der Waals surface area contributed by atoms with Crippen molar-refractivity contribution in [1.29, 1.82) is 0 Å². The van der Waals surface area contributed by atoms with Crippen LogP contribution in [0, 0.1) is 0 Å². The smallest absolute Gasteiger partial charge is 0.135 e. The zero-order chi connectivity index (χ0) is 40.3. The molecule has 1 aromatic heterocycles. The molecule has 1 aliphatic rings. The molecule has 0 atom stereocenters. The van der Waals surface area contributed by atoms with Gasteiger partial charge in [0, 0.05) is 48.4 Å². The number of nitrogens with zero attached hydrogens (tertiary/aromatic N) is 1. The van der Waals surface area contributed by atoms with Crippen LogP contribution in [-0.2, 0) is 0 Å². The molecule has 0 bridgehead atoms. The van der Waals surface area contributed by atoms with Gasteiger partial charge in [0.2, 0.25) is 0 Å². The van der Waals surface area contributed by atoms with E-state index in [1.807, 2.05) is 11.3 Å². The average Bonchev–Trinajstić information content (AvgIpc) is 3.66. The first-order chi connectivity index (χ1) is 30.2. The highest BCUT2D eigenvalue weighted by atomic mass is 32.1. The topological polar surface area (TPSA) is 12.5 Å². The van der Waals surface area contributed by atoms with Crippen LogP contribution in [-0.4, -0.2) is 0 Å². The Morgan fingerprint density at radius 3 is 1.64 bits per heavy atom. The summed E-state index contributed by atoms with van der Waals surface area (Å²) in [6, 6.07) is 81.1. The molecule has 0 unspecified atom stereocenters. The summed E-state index contributed by atoms with van der Waals surface area (Å²) < 4.78 is 9.58. The van der Waals surface area contributed by atoms with Gasteiger partial charge in [0.05, 0.1) is 0 Å². The zero-order valence-electron chi connectivity index (χ0n) is 33.1. The minimum atomic E-state index is 0.829. The minimum Gasteiger partial charge on any atom is -0.456 e. The number of rotatable bonds is 6. The van der Waals surface area contributed by atoms with E-state index in [4.69, 9.17) is 4.74 Å². The summed E-state index contributed by atoms with van der Waals surface area (Å²) in [6.07, 6.45) is 0. The summed E-state index contributed by atoms with van der Waals surface area (Å²) in [4.78, 5) is 2.37. The lowest BCUT2D eigenvalue weighted by Gasteiger charge is -2.27. The average molecular weight is 796 g/mol. The Balaban J connectivity index is 1.03. The summed E-state index contributed by atoms with van der Waals surface area (Å²) >= 11 is 1.87. The van der Waals surface area contributed by atoms with Gasteiger partial charge in [-0.2, -0.15) is 0 Å². The normalized spacial score (nSPS) is 11.7. The molecule has 286 valence electrons. The summed E-state index contributed by atoms with van der Waals surface area (Å²) in [6.45, 7) is 0. The monoisotopic (exact) mass is 795 g/mol. The van der Waals surface area contributed by atoms with Crippen molar-refractivity contribution in [3.8, 4) is 67.1 Å². The van der Waals surface area contributed by atoms with Crippen LogP contribution in [0.25, 0.3) is 86.6 Å². The highest BCUT2D eigenvalue weighted by molar-refractivity contribution is 7.26. The van der Waals surface area contributed by atoms with Crippen LogP contribution in [0.4, 0.5) is 17.1 Å². The largest absolute Gasteiger partial charge is 0.456 e. The Kier molecular flexibility index (Phi) is 8.39. The van der Waals surface area contributed by atoms with Crippen molar-refractivity contribution in [3.05, 3.63) is 224 Å². The number of hydrogen-bond acceptors (Lipinski definition) is 3. The highest BCUT2D eigenvalue weighted by Gasteiger charge is 2.25. The first-order valence-corrected chi connectivity index (χ1v) is 21.5. The summed E-state index contributed by atoms with van der Waals surface area (Å²) in [5.41, 5.74) is 14.8. The maximum Gasteiger partial charge on any atom is 0.135 e.